The van der Waals surface area contributed by atoms with E-state index in [-0.39, 0.29) is 40.3 Å². The van der Waals surface area contributed by atoms with Crippen LogP contribution in [0, 0.1) is 11.6 Å². The lowest BCUT2D eigenvalue weighted by Gasteiger charge is -2.38. The predicted molar refractivity (Wildman–Crippen MR) is 183 cm³/mol. The van der Waals surface area contributed by atoms with Crippen molar-refractivity contribution in [1.29, 1.82) is 0 Å². The quantitative estimate of drug-likeness (QED) is 0.226. The summed E-state index contributed by atoms with van der Waals surface area (Å²) < 4.78 is 34.2. The summed E-state index contributed by atoms with van der Waals surface area (Å²) in [5.41, 5.74) is 2.51. The van der Waals surface area contributed by atoms with Gasteiger partial charge in [0.15, 0.2) is 10.8 Å². The van der Waals surface area contributed by atoms with Crippen LogP contribution in [0.4, 0.5) is 19.3 Å². The van der Waals surface area contributed by atoms with E-state index in [4.69, 9.17) is 21.3 Å². The molecule has 0 aliphatic carbocycles. The van der Waals surface area contributed by atoms with Crippen LogP contribution >= 0.6 is 22.9 Å². The summed E-state index contributed by atoms with van der Waals surface area (Å²) in [6.45, 7) is 1.99. The number of urea groups is 1. The SMILES string of the molecule is COC(=O)C1=C(CN2CCN3C(=O)N(c4ccc(F)c(-c5ccc(C(=O)O)cc5)c4)C[C@@H]3C2)NC(c2nccs2)=N[C@H]1c1ccc(F)cc1Cl. The van der Waals surface area contributed by atoms with E-state index in [0.717, 1.165) is 0 Å². The normalized spacial score (nSPS) is 19.3. The third-order valence-electron chi connectivity index (χ3n) is 8.95. The Morgan fingerprint density at radius 3 is 2.58 bits per heavy atom. The lowest BCUT2D eigenvalue weighted by Crippen LogP contribution is -2.53. The first-order valence-electron chi connectivity index (χ1n) is 15.6. The zero-order chi connectivity index (χ0) is 35.1. The molecule has 4 aromatic rings. The fourth-order valence-electron chi connectivity index (χ4n) is 6.52. The topological polar surface area (TPSA) is 128 Å². The Morgan fingerprint density at radius 2 is 1.88 bits per heavy atom. The second-order valence-electron chi connectivity index (χ2n) is 11.9. The van der Waals surface area contributed by atoms with Crippen molar-refractivity contribution in [3.63, 3.8) is 0 Å². The van der Waals surface area contributed by atoms with Gasteiger partial charge in [0, 0.05) is 71.8 Å². The summed E-state index contributed by atoms with van der Waals surface area (Å²) in [7, 11) is 1.28. The van der Waals surface area contributed by atoms with Crippen molar-refractivity contribution in [1.82, 2.24) is 20.1 Å². The number of benzene rings is 3. The van der Waals surface area contributed by atoms with Gasteiger partial charge < -0.3 is 20.1 Å². The first-order valence-corrected chi connectivity index (χ1v) is 16.8. The minimum atomic E-state index is -1.08. The van der Waals surface area contributed by atoms with E-state index in [0.29, 0.717) is 59.5 Å². The summed E-state index contributed by atoms with van der Waals surface area (Å²) in [6.07, 6.45) is 1.64. The van der Waals surface area contributed by atoms with Crippen molar-refractivity contribution in [2.45, 2.75) is 12.1 Å². The zero-order valence-corrected chi connectivity index (χ0v) is 28.0. The lowest BCUT2D eigenvalue weighted by molar-refractivity contribution is -0.136. The molecular formula is C35H29ClF2N6O5S. The molecule has 2 atom stereocenters. The number of amidine groups is 1. The number of aromatic nitrogens is 1. The Hall–Kier alpha value is -5.18. The number of halogens is 3. The van der Waals surface area contributed by atoms with E-state index in [2.05, 4.69) is 15.2 Å². The van der Waals surface area contributed by atoms with Crippen molar-refractivity contribution in [2.75, 3.05) is 44.7 Å². The summed E-state index contributed by atoms with van der Waals surface area (Å²) in [4.78, 5) is 53.0. The third-order valence-corrected chi connectivity index (χ3v) is 10.1. The van der Waals surface area contributed by atoms with E-state index in [9.17, 15) is 28.3 Å². The van der Waals surface area contributed by atoms with Gasteiger partial charge in [0.05, 0.1) is 24.3 Å². The number of carbonyl (C=O) groups excluding carboxylic acids is 2. The molecule has 256 valence electrons. The number of aliphatic imine (C=N–C) groups is 1. The Labute approximate surface area is 294 Å². The number of anilines is 1. The van der Waals surface area contributed by atoms with E-state index >= 15 is 0 Å². The number of carbonyl (C=O) groups is 3. The molecule has 2 fully saturated rings. The Bertz CT molecular complexity index is 2060. The number of nitrogens with zero attached hydrogens (tertiary/aromatic N) is 5. The van der Waals surface area contributed by atoms with Crippen LogP contribution < -0.4 is 10.2 Å². The molecular weight excluding hydrogens is 690 g/mol. The van der Waals surface area contributed by atoms with Gasteiger partial charge in [-0.2, -0.15) is 0 Å². The number of hydrogen-bond donors (Lipinski definition) is 2. The number of piperazine rings is 1. The number of thiazole rings is 1. The molecule has 3 aromatic carbocycles. The van der Waals surface area contributed by atoms with Gasteiger partial charge >= 0.3 is 18.0 Å². The highest BCUT2D eigenvalue weighted by Gasteiger charge is 2.42. The van der Waals surface area contributed by atoms with Crippen molar-refractivity contribution < 1.29 is 33.0 Å². The highest BCUT2D eigenvalue weighted by Crippen LogP contribution is 2.37. The number of aromatic carboxylic acids is 1. The maximum atomic E-state index is 15.0. The monoisotopic (exact) mass is 718 g/mol. The second kappa shape index (κ2) is 13.6. The van der Waals surface area contributed by atoms with Crippen LogP contribution in [-0.4, -0.2) is 89.6 Å². The lowest BCUT2D eigenvalue weighted by atomic mass is 9.95. The molecule has 0 unspecified atom stereocenters. The van der Waals surface area contributed by atoms with E-state index in [1.54, 1.807) is 33.5 Å². The fourth-order valence-corrected chi connectivity index (χ4v) is 7.38. The maximum absolute atomic E-state index is 15.0. The number of rotatable bonds is 8. The van der Waals surface area contributed by atoms with Crippen LogP contribution in [0.2, 0.25) is 5.02 Å². The molecule has 3 aliphatic heterocycles. The van der Waals surface area contributed by atoms with Gasteiger partial charge in [-0.3, -0.25) is 14.8 Å². The molecule has 0 saturated carbocycles. The first-order chi connectivity index (χ1) is 24.1. The molecule has 0 spiro atoms. The smallest absolute Gasteiger partial charge is 0.338 e. The van der Waals surface area contributed by atoms with Gasteiger partial charge in [-0.05, 0) is 48.0 Å². The van der Waals surface area contributed by atoms with E-state index in [1.165, 1.54) is 67.0 Å². The van der Waals surface area contributed by atoms with Crippen LogP contribution in [0.1, 0.15) is 27.0 Å². The summed E-state index contributed by atoms with van der Waals surface area (Å²) in [6, 6.07) is 13.0. The Kier molecular flexibility index (Phi) is 9.07. The summed E-state index contributed by atoms with van der Waals surface area (Å²) >= 11 is 7.85. The fraction of sp³-hybridized carbons (Fsp3) is 0.229. The average molecular weight is 719 g/mol. The minimum absolute atomic E-state index is 0.0841. The van der Waals surface area contributed by atoms with E-state index < -0.39 is 29.6 Å². The van der Waals surface area contributed by atoms with Crippen molar-refractivity contribution >= 4 is 52.4 Å². The highest BCUT2D eigenvalue weighted by molar-refractivity contribution is 7.11. The van der Waals surface area contributed by atoms with Crippen LogP contribution in [0.5, 0.6) is 0 Å². The number of esters is 1. The number of amides is 2. The number of hydrogen-bond acceptors (Lipinski definition) is 9. The molecule has 4 heterocycles. The zero-order valence-electron chi connectivity index (χ0n) is 26.5. The number of nitrogens with one attached hydrogen (secondary N) is 1. The van der Waals surface area contributed by atoms with Crippen molar-refractivity contribution in [3.05, 3.63) is 116 Å². The largest absolute Gasteiger partial charge is 0.478 e. The molecule has 3 aliphatic rings. The van der Waals surface area contributed by atoms with Crippen molar-refractivity contribution in [2.24, 2.45) is 4.99 Å². The van der Waals surface area contributed by atoms with Crippen LogP contribution in [-0.2, 0) is 9.53 Å². The molecule has 50 heavy (non-hydrogen) atoms. The molecule has 15 heteroatoms. The van der Waals surface area contributed by atoms with Crippen LogP contribution in [0.25, 0.3) is 11.1 Å². The molecule has 7 rings (SSSR count). The minimum Gasteiger partial charge on any atom is -0.478 e. The molecule has 2 amide bonds. The third kappa shape index (κ3) is 6.32. The number of ether oxygens (including phenoxy) is 1. The average Bonchev–Trinajstić information content (AvgIpc) is 3.76. The molecule has 0 bridgehead atoms. The predicted octanol–water partition coefficient (Wildman–Crippen LogP) is 5.58. The number of methoxy groups -OCH3 is 1. The highest BCUT2D eigenvalue weighted by atomic mass is 35.5. The molecule has 0 radical (unpaired) electrons. The molecule has 2 N–H and O–H groups in total. The Balaban J connectivity index is 1.15. The van der Waals surface area contributed by atoms with Crippen LogP contribution in [0.3, 0.4) is 0 Å². The number of carboxylic acid groups (broad SMARTS) is 1. The molecule has 11 nitrogen and oxygen atoms in total. The number of fused-ring (bicyclic) bond motifs is 1. The van der Waals surface area contributed by atoms with Crippen LogP contribution in [0.15, 0.2) is 88.5 Å². The maximum Gasteiger partial charge on any atom is 0.338 e. The van der Waals surface area contributed by atoms with E-state index in [1.807, 2.05) is 0 Å². The van der Waals surface area contributed by atoms with Gasteiger partial charge in [-0.1, -0.05) is 29.8 Å². The number of carboxylic acids is 1. The van der Waals surface area contributed by atoms with Gasteiger partial charge in [0.2, 0.25) is 0 Å². The van der Waals surface area contributed by atoms with Crippen molar-refractivity contribution in [3.8, 4) is 11.1 Å². The van der Waals surface area contributed by atoms with Gasteiger partial charge in [-0.15, -0.1) is 11.3 Å². The van der Waals surface area contributed by atoms with Gasteiger partial charge in [-0.25, -0.2) is 28.1 Å². The van der Waals surface area contributed by atoms with Gasteiger partial charge in [0.25, 0.3) is 0 Å². The summed E-state index contributed by atoms with van der Waals surface area (Å²) in [5, 5.41) is 15.0. The molecule has 1 aromatic heterocycles. The second-order valence-corrected chi connectivity index (χ2v) is 13.2. The summed E-state index contributed by atoms with van der Waals surface area (Å²) in [5.74, 6) is -2.29. The van der Waals surface area contributed by atoms with Gasteiger partial charge in [0.1, 0.15) is 17.7 Å². The Morgan fingerprint density at radius 1 is 1.08 bits per heavy atom. The molecule has 2 saturated heterocycles. The first kappa shape index (κ1) is 33.3. The standard InChI is InChI=1S/C35H29ClF2N6O5S/c1-49-34(47)29-28(40-31(32-39-10-13-50-32)41-30(29)24-8-6-21(37)14-26(24)36)18-42-11-12-43-23(16-42)17-44(35(43)48)22-7-9-27(38)25(15-22)19-2-4-20(5-3-19)33(45)46/h2-10,13-15,23,30H,11-12,16-18H2,1H3,(H,40,41)(H,45,46)/t23-,30-/m0/s1.